The molecule has 2 amide bonds. The van der Waals surface area contributed by atoms with E-state index in [-0.39, 0.29) is 11.5 Å². The Bertz CT molecular complexity index is 522. The van der Waals surface area contributed by atoms with Gasteiger partial charge in [-0.15, -0.1) is 0 Å². The fraction of sp³-hybridized carbons (Fsp3) is 0.182. The Morgan fingerprint density at radius 1 is 1.37 bits per heavy atom. The zero-order valence-corrected chi connectivity index (χ0v) is 12.4. The minimum Gasteiger partial charge on any atom is -0.497 e. The Hall–Kier alpha value is -1.67. The first kappa shape index (κ1) is 15.4. The summed E-state index contributed by atoms with van der Waals surface area (Å²) in [6.07, 6.45) is 0. The van der Waals surface area contributed by atoms with Crippen LogP contribution in [0.2, 0.25) is 0 Å². The van der Waals surface area contributed by atoms with Crippen molar-refractivity contribution in [1.82, 2.24) is 5.32 Å². The highest BCUT2D eigenvalue weighted by Crippen LogP contribution is 2.24. The van der Waals surface area contributed by atoms with E-state index in [1.54, 1.807) is 18.2 Å². The molecule has 8 heteroatoms. The molecule has 0 bridgehead atoms. The SMILES string of the molecule is COc1cc(Br)cc(NC(=O)C(=O)NCC(N)=S)c1. The number of halogens is 1. The Kier molecular flexibility index (Phi) is 5.71. The monoisotopic (exact) mass is 345 g/mol. The number of rotatable bonds is 4. The van der Waals surface area contributed by atoms with Gasteiger partial charge in [0.2, 0.25) is 0 Å². The third kappa shape index (κ3) is 5.23. The average molecular weight is 346 g/mol. The van der Waals surface area contributed by atoms with Crippen LogP contribution in [0, 0.1) is 0 Å². The summed E-state index contributed by atoms with van der Waals surface area (Å²) in [6.45, 7) is -0.0244. The van der Waals surface area contributed by atoms with Gasteiger partial charge in [-0.25, -0.2) is 0 Å². The fourth-order valence-corrected chi connectivity index (χ4v) is 1.73. The topological polar surface area (TPSA) is 93.4 Å². The molecule has 1 aromatic carbocycles. The first-order valence-electron chi connectivity index (χ1n) is 5.14. The lowest BCUT2D eigenvalue weighted by Crippen LogP contribution is -2.39. The second kappa shape index (κ2) is 7.05. The summed E-state index contributed by atoms with van der Waals surface area (Å²) in [7, 11) is 1.50. The van der Waals surface area contributed by atoms with Crippen LogP contribution in [-0.4, -0.2) is 30.5 Å². The fourth-order valence-electron chi connectivity index (χ4n) is 1.19. The van der Waals surface area contributed by atoms with E-state index in [1.165, 1.54) is 7.11 Å². The standard InChI is InChI=1S/C11H12BrN3O3S/c1-18-8-3-6(12)2-7(4-8)15-11(17)10(16)14-5-9(13)19/h2-4H,5H2,1H3,(H2,13,19)(H,14,16)(H,15,17). The second-order valence-corrected chi connectivity index (χ2v) is 4.92. The van der Waals surface area contributed by atoms with E-state index >= 15 is 0 Å². The summed E-state index contributed by atoms with van der Waals surface area (Å²) in [6, 6.07) is 4.95. The van der Waals surface area contributed by atoms with E-state index in [0.29, 0.717) is 15.9 Å². The highest BCUT2D eigenvalue weighted by atomic mass is 79.9. The number of hydrogen-bond donors (Lipinski definition) is 3. The molecule has 4 N–H and O–H groups in total. The number of thiocarbonyl (C=S) groups is 1. The van der Waals surface area contributed by atoms with Gasteiger partial charge in [-0.1, -0.05) is 28.1 Å². The zero-order valence-electron chi connectivity index (χ0n) is 10.0. The lowest BCUT2D eigenvalue weighted by Gasteiger charge is -2.08. The Morgan fingerprint density at radius 3 is 2.63 bits per heavy atom. The van der Waals surface area contributed by atoms with Crippen molar-refractivity contribution in [2.45, 2.75) is 0 Å². The van der Waals surface area contributed by atoms with Crippen molar-refractivity contribution < 1.29 is 14.3 Å². The van der Waals surface area contributed by atoms with Gasteiger partial charge in [0.1, 0.15) is 5.75 Å². The first-order chi connectivity index (χ1) is 8.92. The van der Waals surface area contributed by atoms with Crippen molar-refractivity contribution in [3.05, 3.63) is 22.7 Å². The van der Waals surface area contributed by atoms with E-state index in [4.69, 9.17) is 10.5 Å². The largest absolute Gasteiger partial charge is 0.497 e. The van der Waals surface area contributed by atoms with Crippen LogP contribution in [0.4, 0.5) is 5.69 Å². The molecule has 0 saturated carbocycles. The number of carbonyl (C=O) groups is 2. The molecule has 19 heavy (non-hydrogen) atoms. The molecule has 1 rings (SSSR count). The van der Waals surface area contributed by atoms with Crippen molar-refractivity contribution in [2.75, 3.05) is 19.0 Å². The highest BCUT2D eigenvalue weighted by molar-refractivity contribution is 9.10. The third-order valence-corrected chi connectivity index (χ3v) is 2.60. The molecule has 0 heterocycles. The minimum atomic E-state index is -0.813. The molecule has 0 spiro atoms. The Morgan fingerprint density at radius 2 is 2.05 bits per heavy atom. The molecule has 0 aliphatic heterocycles. The van der Waals surface area contributed by atoms with Crippen molar-refractivity contribution >= 4 is 50.6 Å². The van der Waals surface area contributed by atoms with Crippen LogP contribution in [0.1, 0.15) is 0 Å². The van der Waals surface area contributed by atoms with Crippen LogP contribution < -0.4 is 21.1 Å². The van der Waals surface area contributed by atoms with E-state index in [2.05, 4.69) is 38.8 Å². The molecule has 0 unspecified atom stereocenters. The van der Waals surface area contributed by atoms with Crippen LogP contribution in [0.25, 0.3) is 0 Å². The summed E-state index contributed by atoms with van der Waals surface area (Å²) in [5.74, 6) is -1.07. The van der Waals surface area contributed by atoms with Gasteiger partial charge >= 0.3 is 11.8 Å². The van der Waals surface area contributed by atoms with Gasteiger partial charge in [0.05, 0.1) is 18.6 Å². The maximum atomic E-state index is 11.6. The van der Waals surface area contributed by atoms with Crippen molar-refractivity contribution in [2.24, 2.45) is 5.73 Å². The molecule has 0 aliphatic rings. The minimum absolute atomic E-state index is 0.0244. The average Bonchev–Trinajstić information content (AvgIpc) is 2.34. The van der Waals surface area contributed by atoms with Gasteiger partial charge in [0, 0.05) is 16.2 Å². The van der Waals surface area contributed by atoms with Crippen LogP contribution in [0.3, 0.4) is 0 Å². The molecule has 0 saturated heterocycles. The lowest BCUT2D eigenvalue weighted by atomic mass is 10.3. The van der Waals surface area contributed by atoms with Crippen molar-refractivity contribution in [3.63, 3.8) is 0 Å². The smallest absolute Gasteiger partial charge is 0.313 e. The number of methoxy groups -OCH3 is 1. The number of anilines is 1. The quantitative estimate of drug-likeness (QED) is 0.554. The van der Waals surface area contributed by atoms with E-state index < -0.39 is 11.8 Å². The molecule has 102 valence electrons. The van der Waals surface area contributed by atoms with Crippen molar-refractivity contribution in [3.8, 4) is 5.75 Å². The van der Waals surface area contributed by atoms with Gasteiger partial charge in [0.25, 0.3) is 0 Å². The number of nitrogens with two attached hydrogens (primary N) is 1. The molecule has 1 aromatic rings. The summed E-state index contributed by atoms with van der Waals surface area (Å²) < 4.78 is 5.75. The zero-order chi connectivity index (χ0) is 14.4. The van der Waals surface area contributed by atoms with Crippen molar-refractivity contribution in [1.29, 1.82) is 0 Å². The number of benzene rings is 1. The Labute approximate surface area is 123 Å². The van der Waals surface area contributed by atoms with E-state index in [9.17, 15) is 9.59 Å². The summed E-state index contributed by atoms with van der Waals surface area (Å²) >= 11 is 7.85. The van der Waals surface area contributed by atoms with Gasteiger partial charge in [-0.05, 0) is 12.1 Å². The molecule has 0 fully saturated rings. The molecular weight excluding hydrogens is 334 g/mol. The highest BCUT2D eigenvalue weighted by Gasteiger charge is 2.14. The number of amides is 2. The number of hydrogen-bond acceptors (Lipinski definition) is 4. The van der Waals surface area contributed by atoms with Crippen LogP contribution in [0.5, 0.6) is 5.75 Å². The Balaban J connectivity index is 2.68. The van der Waals surface area contributed by atoms with Crippen LogP contribution in [0.15, 0.2) is 22.7 Å². The lowest BCUT2D eigenvalue weighted by molar-refractivity contribution is -0.135. The number of carbonyl (C=O) groups excluding carboxylic acids is 2. The van der Waals surface area contributed by atoms with Gasteiger partial charge in [-0.2, -0.15) is 0 Å². The first-order valence-corrected chi connectivity index (χ1v) is 6.34. The van der Waals surface area contributed by atoms with Gasteiger partial charge < -0.3 is 21.1 Å². The molecule has 0 radical (unpaired) electrons. The maximum absolute atomic E-state index is 11.6. The number of ether oxygens (including phenoxy) is 1. The summed E-state index contributed by atoms with van der Waals surface area (Å²) in [5.41, 5.74) is 5.65. The van der Waals surface area contributed by atoms with Crippen LogP contribution >= 0.6 is 28.1 Å². The van der Waals surface area contributed by atoms with E-state index in [0.717, 1.165) is 0 Å². The predicted octanol–water partition coefficient (Wildman–Crippen LogP) is 0.798. The van der Waals surface area contributed by atoms with Gasteiger partial charge in [-0.3, -0.25) is 9.59 Å². The normalized spacial score (nSPS) is 9.58. The van der Waals surface area contributed by atoms with Gasteiger partial charge in [0.15, 0.2) is 0 Å². The predicted molar refractivity (Wildman–Crippen MR) is 79.1 cm³/mol. The third-order valence-electron chi connectivity index (χ3n) is 1.99. The summed E-state index contributed by atoms with van der Waals surface area (Å²) in [4.78, 5) is 23.1. The maximum Gasteiger partial charge on any atom is 0.313 e. The number of nitrogens with one attached hydrogen (secondary N) is 2. The summed E-state index contributed by atoms with van der Waals surface area (Å²) in [5, 5.41) is 4.72. The van der Waals surface area contributed by atoms with E-state index in [1.807, 2.05) is 0 Å². The molecule has 0 aliphatic carbocycles. The second-order valence-electron chi connectivity index (χ2n) is 3.48. The molecule has 0 atom stereocenters. The molecular formula is C11H12BrN3O3S. The van der Waals surface area contributed by atoms with Crippen LogP contribution in [-0.2, 0) is 9.59 Å². The molecule has 6 nitrogen and oxygen atoms in total. The molecule has 0 aromatic heterocycles.